The molecule has 2 rings (SSSR count). The van der Waals surface area contributed by atoms with Crippen LogP contribution in [-0.2, 0) is 19.1 Å². The molecule has 0 unspecified atom stereocenters. The summed E-state index contributed by atoms with van der Waals surface area (Å²) in [7, 11) is 0. The lowest BCUT2D eigenvalue weighted by Crippen LogP contribution is -2.20. The van der Waals surface area contributed by atoms with Crippen molar-refractivity contribution in [3.63, 3.8) is 0 Å². The molecule has 0 aliphatic carbocycles. The second-order valence-corrected chi connectivity index (χ2v) is 5.71. The van der Waals surface area contributed by atoms with E-state index in [9.17, 15) is 14.4 Å². The number of carbonyl (C=O) groups excluding carboxylic acids is 3. The molecule has 0 atom stereocenters. The monoisotopic (exact) mass is 421 g/mol. The number of furan rings is 1. The predicted octanol–water partition coefficient (Wildman–Crippen LogP) is 3.41. The molecule has 0 bridgehead atoms. The van der Waals surface area contributed by atoms with Crippen LogP contribution < -0.4 is 5.32 Å². The minimum Gasteiger partial charge on any atom is -0.462 e. The lowest BCUT2D eigenvalue weighted by atomic mass is 10.2. The van der Waals surface area contributed by atoms with Gasteiger partial charge in [0.2, 0.25) is 0 Å². The van der Waals surface area contributed by atoms with Gasteiger partial charge in [0, 0.05) is 11.8 Å². The molecule has 0 fully saturated rings. The first-order chi connectivity index (χ1) is 12.5. The summed E-state index contributed by atoms with van der Waals surface area (Å²) in [5, 5.41) is 2.56. The summed E-state index contributed by atoms with van der Waals surface area (Å²) in [6.45, 7) is 1.56. The molecule has 1 heterocycles. The highest BCUT2D eigenvalue weighted by atomic mass is 79.9. The van der Waals surface area contributed by atoms with Crippen LogP contribution in [0.2, 0.25) is 0 Å². The number of esters is 2. The number of hydrogen-bond donors (Lipinski definition) is 1. The van der Waals surface area contributed by atoms with Crippen molar-refractivity contribution in [2.24, 2.45) is 0 Å². The molecule has 0 radical (unpaired) electrons. The van der Waals surface area contributed by atoms with Gasteiger partial charge in [-0.05, 0) is 65.3 Å². The van der Waals surface area contributed by atoms with E-state index in [1.54, 1.807) is 31.2 Å². The van der Waals surface area contributed by atoms with Crippen LogP contribution in [0.5, 0.6) is 0 Å². The fourth-order valence-corrected chi connectivity index (χ4v) is 2.17. The molecular formula is C18H16BrNO6. The van der Waals surface area contributed by atoms with Crippen molar-refractivity contribution in [1.29, 1.82) is 0 Å². The number of rotatable bonds is 7. The Bertz CT molecular complexity index is 809. The van der Waals surface area contributed by atoms with E-state index in [1.807, 2.05) is 0 Å². The molecule has 26 heavy (non-hydrogen) atoms. The van der Waals surface area contributed by atoms with Crippen molar-refractivity contribution >= 4 is 45.5 Å². The van der Waals surface area contributed by atoms with Gasteiger partial charge in [-0.25, -0.2) is 9.59 Å². The molecule has 1 N–H and O–H groups in total. The van der Waals surface area contributed by atoms with Gasteiger partial charge in [-0.3, -0.25) is 4.79 Å². The Morgan fingerprint density at radius 1 is 1.12 bits per heavy atom. The second kappa shape index (κ2) is 9.57. The molecule has 1 aromatic heterocycles. The van der Waals surface area contributed by atoms with Gasteiger partial charge in [-0.15, -0.1) is 0 Å². The van der Waals surface area contributed by atoms with Gasteiger partial charge < -0.3 is 19.2 Å². The largest absolute Gasteiger partial charge is 0.462 e. The van der Waals surface area contributed by atoms with Crippen LogP contribution in [0.1, 0.15) is 23.0 Å². The lowest BCUT2D eigenvalue weighted by Gasteiger charge is -2.06. The number of ether oxygens (including phenoxy) is 2. The van der Waals surface area contributed by atoms with Gasteiger partial charge in [0.1, 0.15) is 5.76 Å². The van der Waals surface area contributed by atoms with E-state index >= 15 is 0 Å². The third-order valence-electron chi connectivity index (χ3n) is 3.00. The van der Waals surface area contributed by atoms with Gasteiger partial charge in [0.05, 0.1) is 12.2 Å². The number of anilines is 1. The first kappa shape index (κ1) is 19.5. The van der Waals surface area contributed by atoms with E-state index in [2.05, 4.69) is 21.2 Å². The summed E-state index contributed by atoms with van der Waals surface area (Å²) in [6.07, 6.45) is 2.59. The molecule has 0 aliphatic heterocycles. The van der Waals surface area contributed by atoms with Crippen molar-refractivity contribution in [3.05, 3.63) is 58.5 Å². The van der Waals surface area contributed by atoms with E-state index in [4.69, 9.17) is 13.9 Å². The summed E-state index contributed by atoms with van der Waals surface area (Å²) in [5.41, 5.74) is 0.848. The summed E-state index contributed by atoms with van der Waals surface area (Å²) in [5.74, 6) is -1.14. The third kappa shape index (κ3) is 6.21. The van der Waals surface area contributed by atoms with E-state index in [1.165, 1.54) is 18.2 Å². The number of amides is 1. The zero-order chi connectivity index (χ0) is 18.9. The van der Waals surface area contributed by atoms with Crippen LogP contribution in [0, 0.1) is 0 Å². The number of nitrogens with one attached hydrogen (secondary N) is 1. The van der Waals surface area contributed by atoms with Crippen molar-refractivity contribution in [3.8, 4) is 0 Å². The molecular weight excluding hydrogens is 406 g/mol. The van der Waals surface area contributed by atoms with Crippen molar-refractivity contribution in [1.82, 2.24) is 0 Å². The zero-order valence-electron chi connectivity index (χ0n) is 13.9. The fourth-order valence-electron chi connectivity index (χ4n) is 1.85. The number of benzene rings is 1. The molecule has 0 aliphatic rings. The first-order valence-electron chi connectivity index (χ1n) is 7.65. The number of hydrogen-bond acceptors (Lipinski definition) is 6. The number of halogens is 1. The molecule has 2 aromatic rings. The predicted molar refractivity (Wildman–Crippen MR) is 97.4 cm³/mol. The maximum Gasteiger partial charge on any atom is 0.338 e. The Hall–Kier alpha value is -2.87. The van der Waals surface area contributed by atoms with Crippen LogP contribution >= 0.6 is 15.9 Å². The Labute approximate surface area is 158 Å². The van der Waals surface area contributed by atoms with Gasteiger partial charge in [-0.1, -0.05) is 0 Å². The minimum absolute atomic E-state index is 0.286. The summed E-state index contributed by atoms with van der Waals surface area (Å²) in [4.78, 5) is 34.9. The second-order valence-electron chi connectivity index (χ2n) is 4.93. The highest BCUT2D eigenvalue weighted by molar-refractivity contribution is 9.10. The normalized spacial score (nSPS) is 10.5. The molecule has 7 nitrogen and oxygen atoms in total. The van der Waals surface area contributed by atoms with E-state index < -0.39 is 24.5 Å². The lowest BCUT2D eigenvalue weighted by molar-refractivity contribution is -0.142. The minimum atomic E-state index is -0.676. The molecule has 8 heteroatoms. The van der Waals surface area contributed by atoms with E-state index in [-0.39, 0.29) is 6.61 Å². The number of carbonyl (C=O) groups is 3. The van der Waals surface area contributed by atoms with Crippen LogP contribution in [0.4, 0.5) is 5.69 Å². The van der Waals surface area contributed by atoms with Crippen molar-refractivity contribution in [2.75, 3.05) is 18.5 Å². The van der Waals surface area contributed by atoms with E-state index in [0.717, 1.165) is 6.08 Å². The smallest absolute Gasteiger partial charge is 0.338 e. The summed E-state index contributed by atoms with van der Waals surface area (Å²) in [6, 6.07) is 9.53. The first-order valence-corrected chi connectivity index (χ1v) is 8.44. The Kier molecular flexibility index (Phi) is 7.16. The Morgan fingerprint density at radius 3 is 2.46 bits per heavy atom. The van der Waals surface area contributed by atoms with Crippen LogP contribution in [-0.4, -0.2) is 31.1 Å². The fraction of sp³-hybridized carbons (Fsp3) is 0.167. The Morgan fingerprint density at radius 2 is 1.85 bits per heavy atom. The van der Waals surface area contributed by atoms with Crippen LogP contribution in [0.3, 0.4) is 0 Å². The molecule has 0 saturated heterocycles. The summed E-state index contributed by atoms with van der Waals surface area (Å²) >= 11 is 3.15. The maximum atomic E-state index is 11.8. The zero-order valence-corrected chi connectivity index (χ0v) is 15.4. The van der Waals surface area contributed by atoms with E-state index in [0.29, 0.717) is 21.7 Å². The molecule has 136 valence electrons. The molecule has 0 saturated carbocycles. The topological polar surface area (TPSA) is 94.8 Å². The van der Waals surface area contributed by atoms with Crippen LogP contribution in [0.15, 0.2) is 51.6 Å². The molecule has 0 spiro atoms. The quantitative estimate of drug-likeness (QED) is 0.543. The highest BCUT2D eigenvalue weighted by Crippen LogP contribution is 2.15. The average Bonchev–Trinajstić information content (AvgIpc) is 3.04. The van der Waals surface area contributed by atoms with Gasteiger partial charge >= 0.3 is 11.9 Å². The molecule has 1 aromatic carbocycles. The average molecular weight is 422 g/mol. The third-order valence-corrected chi connectivity index (χ3v) is 3.43. The van der Waals surface area contributed by atoms with Crippen molar-refractivity contribution in [2.45, 2.75) is 6.92 Å². The Balaban J connectivity index is 1.78. The highest BCUT2D eigenvalue weighted by Gasteiger charge is 2.08. The standard InChI is InChI=1S/C18H16BrNO6/c1-2-24-18(23)12-3-5-13(6-4-12)20-16(21)11-25-17(22)10-8-14-7-9-15(19)26-14/h3-10H,2,11H2,1H3,(H,20,21). The van der Waals surface area contributed by atoms with Crippen molar-refractivity contribution < 1.29 is 28.3 Å². The van der Waals surface area contributed by atoms with Crippen LogP contribution in [0.25, 0.3) is 6.08 Å². The van der Waals surface area contributed by atoms with Gasteiger partial charge in [0.15, 0.2) is 11.3 Å². The maximum absolute atomic E-state index is 11.8. The summed E-state index contributed by atoms with van der Waals surface area (Å²) < 4.78 is 15.4. The van der Waals surface area contributed by atoms with Gasteiger partial charge in [-0.2, -0.15) is 0 Å². The SMILES string of the molecule is CCOC(=O)c1ccc(NC(=O)COC(=O)C=Cc2ccc(Br)o2)cc1. The molecule has 1 amide bonds. The van der Waals surface area contributed by atoms with Gasteiger partial charge in [0.25, 0.3) is 5.91 Å².